The SMILES string of the molecule is CCC(=O)N[C@@H](C(=O)N1CCC(C)(O)CC1)[C@@H](C)c1ccc(NC(=O)[C@@H](NC(=O)c2ccnn2CC)[C@H]2CC[C@H](C)CC2)c(F)c1. The fourth-order valence-corrected chi connectivity index (χ4v) is 6.41. The first-order valence-corrected chi connectivity index (χ1v) is 16.6. The number of carbonyl (C=O) groups is 4. The van der Waals surface area contributed by atoms with Crippen molar-refractivity contribution in [1.82, 2.24) is 25.3 Å². The van der Waals surface area contributed by atoms with Crippen LogP contribution < -0.4 is 16.0 Å². The highest BCUT2D eigenvalue weighted by Gasteiger charge is 2.37. The highest BCUT2D eigenvalue weighted by atomic mass is 19.1. The Hall–Kier alpha value is -3.80. The molecule has 11 nitrogen and oxygen atoms in total. The van der Waals surface area contributed by atoms with Crippen LogP contribution >= 0.6 is 0 Å². The van der Waals surface area contributed by atoms with Crippen molar-refractivity contribution in [3.63, 3.8) is 0 Å². The van der Waals surface area contributed by atoms with E-state index in [1.807, 2.05) is 6.92 Å². The number of nitrogens with zero attached hydrogens (tertiary/aromatic N) is 3. The molecule has 4 N–H and O–H groups in total. The fourth-order valence-electron chi connectivity index (χ4n) is 6.41. The number of hydrogen-bond acceptors (Lipinski definition) is 6. The molecule has 1 saturated carbocycles. The van der Waals surface area contributed by atoms with E-state index >= 15 is 4.39 Å². The molecule has 12 heteroatoms. The molecular formula is C34H49FN6O5. The molecule has 3 atom stereocenters. The van der Waals surface area contributed by atoms with Crippen LogP contribution in [0.3, 0.4) is 0 Å². The number of likely N-dealkylation sites (tertiary alicyclic amines) is 1. The second-order valence-corrected chi connectivity index (χ2v) is 13.2. The Bertz CT molecular complexity index is 1390. The van der Waals surface area contributed by atoms with E-state index in [4.69, 9.17) is 0 Å². The number of benzene rings is 1. The highest BCUT2D eigenvalue weighted by molar-refractivity contribution is 6.00. The predicted octanol–water partition coefficient (Wildman–Crippen LogP) is 3.98. The maximum atomic E-state index is 15.6. The number of piperidine rings is 1. The Morgan fingerprint density at radius 2 is 1.74 bits per heavy atom. The molecule has 252 valence electrons. The topological polar surface area (TPSA) is 146 Å². The lowest BCUT2D eigenvalue weighted by atomic mass is 9.79. The molecule has 0 unspecified atom stereocenters. The van der Waals surface area contributed by atoms with Gasteiger partial charge in [0.05, 0.1) is 11.3 Å². The molecule has 2 fully saturated rings. The number of nitrogens with one attached hydrogen (secondary N) is 3. The summed E-state index contributed by atoms with van der Waals surface area (Å²) in [6, 6.07) is 4.17. The van der Waals surface area contributed by atoms with E-state index in [-0.39, 0.29) is 29.8 Å². The quantitative estimate of drug-likeness (QED) is 0.293. The van der Waals surface area contributed by atoms with Gasteiger partial charge in [-0.2, -0.15) is 5.10 Å². The number of aliphatic hydroxyl groups is 1. The Morgan fingerprint density at radius 3 is 2.35 bits per heavy atom. The van der Waals surface area contributed by atoms with E-state index in [1.165, 1.54) is 18.3 Å². The van der Waals surface area contributed by atoms with Gasteiger partial charge in [0.2, 0.25) is 17.7 Å². The van der Waals surface area contributed by atoms with Gasteiger partial charge in [0.15, 0.2) is 0 Å². The van der Waals surface area contributed by atoms with Crippen LogP contribution in [0.1, 0.15) is 102 Å². The molecule has 4 rings (SSSR count). The zero-order chi connectivity index (χ0) is 33.6. The third-order valence-corrected chi connectivity index (χ3v) is 9.68. The summed E-state index contributed by atoms with van der Waals surface area (Å²) >= 11 is 0. The molecule has 4 amide bonds. The van der Waals surface area contributed by atoms with Gasteiger partial charge in [-0.25, -0.2) is 4.39 Å². The Kier molecular flexibility index (Phi) is 11.6. The highest BCUT2D eigenvalue weighted by Crippen LogP contribution is 2.32. The molecular weight excluding hydrogens is 591 g/mol. The van der Waals surface area contributed by atoms with Crippen molar-refractivity contribution in [3.05, 3.63) is 47.5 Å². The van der Waals surface area contributed by atoms with Crippen molar-refractivity contribution >= 4 is 29.3 Å². The van der Waals surface area contributed by atoms with Crippen LogP contribution in [-0.2, 0) is 20.9 Å². The normalized spacial score (nSPS) is 21.5. The van der Waals surface area contributed by atoms with Crippen LogP contribution in [0.2, 0.25) is 0 Å². The van der Waals surface area contributed by atoms with Crippen LogP contribution in [0.25, 0.3) is 0 Å². The molecule has 0 bridgehead atoms. The molecule has 2 aliphatic rings. The van der Waals surface area contributed by atoms with Crippen molar-refractivity contribution < 1.29 is 28.7 Å². The molecule has 1 aliphatic carbocycles. The summed E-state index contributed by atoms with van der Waals surface area (Å²) in [4.78, 5) is 54.5. The van der Waals surface area contributed by atoms with Crippen molar-refractivity contribution in [1.29, 1.82) is 0 Å². The van der Waals surface area contributed by atoms with Gasteiger partial charge < -0.3 is 26.0 Å². The minimum Gasteiger partial charge on any atom is -0.390 e. The van der Waals surface area contributed by atoms with Crippen LogP contribution in [0, 0.1) is 17.7 Å². The third kappa shape index (κ3) is 8.51. The summed E-state index contributed by atoms with van der Waals surface area (Å²) in [5.41, 5.74) is -0.0541. The lowest BCUT2D eigenvalue weighted by Gasteiger charge is -2.38. The van der Waals surface area contributed by atoms with E-state index in [2.05, 4.69) is 28.0 Å². The second kappa shape index (κ2) is 15.2. The fraction of sp³-hybridized carbons (Fsp3) is 0.618. The standard InChI is InChI=1S/C34H49FN6O5/c1-6-28(42)38-29(33(45)40-18-15-34(5,46)16-19-40)22(4)24-12-13-26(25(35)20-24)37-32(44)30(23-10-8-21(3)9-11-23)39-31(43)27-14-17-36-41(27)7-2/h12-14,17,20-23,29-30,46H,6-11,15-16,18-19H2,1-5H3,(H,37,44)(H,38,42)(H,39,43)/t21-,22-,23-,29+,30-/m0/s1. The number of anilines is 1. The molecule has 1 aliphatic heterocycles. The summed E-state index contributed by atoms with van der Waals surface area (Å²) in [6.07, 6.45) is 5.96. The van der Waals surface area contributed by atoms with E-state index in [9.17, 15) is 24.3 Å². The minimum atomic E-state index is -0.930. The number of amides is 4. The summed E-state index contributed by atoms with van der Waals surface area (Å²) in [6.45, 7) is 10.4. The number of aromatic nitrogens is 2. The number of rotatable bonds is 11. The molecule has 0 radical (unpaired) electrons. The van der Waals surface area contributed by atoms with E-state index in [0.29, 0.717) is 49.7 Å². The first-order valence-electron chi connectivity index (χ1n) is 16.6. The Morgan fingerprint density at radius 1 is 1.07 bits per heavy atom. The largest absolute Gasteiger partial charge is 0.390 e. The van der Waals surface area contributed by atoms with Gasteiger partial charge in [0.1, 0.15) is 23.6 Å². The van der Waals surface area contributed by atoms with Gasteiger partial charge >= 0.3 is 0 Å². The smallest absolute Gasteiger partial charge is 0.270 e. The number of halogens is 1. The second-order valence-electron chi connectivity index (χ2n) is 13.2. The molecule has 1 aromatic heterocycles. The molecule has 46 heavy (non-hydrogen) atoms. The monoisotopic (exact) mass is 640 g/mol. The van der Waals surface area contributed by atoms with Crippen LogP contribution in [0.5, 0.6) is 0 Å². The van der Waals surface area contributed by atoms with E-state index < -0.39 is 41.2 Å². The Balaban J connectivity index is 1.52. The number of aryl methyl sites for hydroxylation is 1. The molecule has 1 saturated heterocycles. The Labute approximate surface area is 270 Å². The average molecular weight is 641 g/mol. The van der Waals surface area contributed by atoms with Gasteiger partial charge in [-0.05, 0) is 75.1 Å². The lowest BCUT2D eigenvalue weighted by molar-refractivity contribution is -0.140. The van der Waals surface area contributed by atoms with Gasteiger partial charge in [-0.15, -0.1) is 0 Å². The van der Waals surface area contributed by atoms with Crippen molar-refractivity contribution in [3.8, 4) is 0 Å². The van der Waals surface area contributed by atoms with Gasteiger partial charge in [-0.3, -0.25) is 23.9 Å². The van der Waals surface area contributed by atoms with Gasteiger partial charge in [0, 0.05) is 38.2 Å². The summed E-state index contributed by atoms with van der Waals surface area (Å²) in [5, 5.41) is 22.9. The zero-order valence-corrected chi connectivity index (χ0v) is 27.6. The molecule has 1 aromatic carbocycles. The average Bonchev–Trinajstić information content (AvgIpc) is 3.52. The number of hydrogen-bond donors (Lipinski definition) is 4. The van der Waals surface area contributed by atoms with Gasteiger partial charge in [0.25, 0.3) is 5.91 Å². The maximum Gasteiger partial charge on any atom is 0.270 e. The van der Waals surface area contributed by atoms with Gasteiger partial charge in [-0.1, -0.05) is 39.7 Å². The molecule has 0 spiro atoms. The summed E-state index contributed by atoms with van der Waals surface area (Å²) in [5.74, 6) is -2.34. The summed E-state index contributed by atoms with van der Waals surface area (Å²) < 4.78 is 17.2. The van der Waals surface area contributed by atoms with Crippen molar-refractivity contribution in [2.24, 2.45) is 11.8 Å². The third-order valence-electron chi connectivity index (χ3n) is 9.68. The van der Waals surface area contributed by atoms with Crippen molar-refractivity contribution in [2.75, 3.05) is 18.4 Å². The van der Waals surface area contributed by atoms with E-state index in [0.717, 1.165) is 25.7 Å². The first-order chi connectivity index (χ1) is 21.8. The van der Waals surface area contributed by atoms with Crippen LogP contribution in [0.4, 0.5) is 10.1 Å². The molecule has 2 heterocycles. The first kappa shape index (κ1) is 35.1. The van der Waals surface area contributed by atoms with Crippen molar-refractivity contribution in [2.45, 2.75) is 110 Å². The maximum absolute atomic E-state index is 15.6. The van der Waals surface area contributed by atoms with Crippen LogP contribution in [0.15, 0.2) is 30.5 Å². The van der Waals surface area contributed by atoms with Crippen LogP contribution in [-0.4, -0.2) is 74.2 Å². The number of carbonyl (C=O) groups excluding carboxylic acids is 4. The minimum absolute atomic E-state index is 0.0401. The predicted molar refractivity (Wildman–Crippen MR) is 172 cm³/mol. The molecule has 2 aromatic rings. The summed E-state index contributed by atoms with van der Waals surface area (Å²) in [7, 11) is 0. The zero-order valence-electron chi connectivity index (χ0n) is 27.6. The van der Waals surface area contributed by atoms with E-state index in [1.54, 1.807) is 42.5 Å². The lowest BCUT2D eigenvalue weighted by Crippen LogP contribution is -2.54.